The highest BCUT2D eigenvalue weighted by molar-refractivity contribution is 7.98. The van der Waals surface area contributed by atoms with Gasteiger partial charge in [0.15, 0.2) is 5.16 Å². The molecule has 140 valence electrons. The van der Waals surface area contributed by atoms with Crippen molar-refractivity contribution in [2.24, 2.45) is 0 Å². The number of hydrogen-bond donors (Lipinski definition) is 1. The maximum atomic E-state index is 11.8. The van der Waals surface area contributed by atoms with Crippen LogP contribution in [0.25, 0.3) is 11.5 Å². The molecule has 3 rings (SSSR count). The number of benzene rings is 1. The molecule has 8 heteroatoms. The van der Waals surface area contributed by atoms with Crippen LogP contribution in [0.4, 0.5) is 5.82 Å². The molecule has 0 aliphatic carbocycles. The van der Waals surface area contributed by atoms with E-state index in [1.165, 1.54) is 18.0 Å². The summed E-state index contributed by atoms with van der Waals surface area (Å²) < 4.78 is 10.7. The fourth-order valence-corrected chi connectivity index (χ4v) is 3.23. The Balaban J connectivity index is 1.72. The second-order valence-electron chi connectivity index (χ2n) is 5.85. The molecular formula is C19H20N4O3S. The smallest absolute Gasteiger partial charge is 0.343 e. The minimum Gasteiger partial charge on any atom is -0.462 e. The SMILES string of the molecule is CCOC(=O)c1cnc(SCc2nc(-c3cccc(C)c3)oc2C)nc1N. The first-order valence-electron chi connectivity index (χ1n) is 8.43. The van der Waals surface area contributed by atoms with Crippen LogP contribution in [0.15, 0.2) is 40.0 Å². The Kier molecular flexibility index (Phi) is 5.75. The van der Waals surface area contributed by atoms with E-state index in [-0.39, 0.29) is 18.0 Å². The molecule has 0 radical (unpaired) electrons. The van der Waals surface area contributed by atoms with Crippen molar-refractivity contribution < 1.29 is 13.9 Å². The van der Waals surface area contributed by atoms with Crippen molar-refractivity contribution in [3.63, 3.8) is 0 Å². The lowest BCUT2D eigenvalue weighted by Crippen LogP contribution is -2.10. The summed E-state index contributed by atoms with van der Waals surface area (Å²) in [4.78, 5) is 24.7. The van der Waals surface area contributed by atoms with Crippen LogP contribution in [0.5, 0.6) is 0 Å². The van der Waals surface area contributed by atoms with Crippen LogP contribution in [0.1, 0.15) is 34.3 Å². The minimum atomic E-state index is -0.526. The van der Waals surface area contributed by atoms with Crippen molar-refractivity contribution in [3.05, 3.63) is 53.0 Å². The molecule has 2 aromatic heterocycles. The predicted octanol–water partition coefficient (Wildman–Crippen LogP) is 3.80. The van der Waals surface area contributed by atoms with Crippen LogP contribution in [0.2, 0.25) is 0 Å². The number of anilines is 1. The quantitative estimate of drug-likeness (QED) is 0.389. The van der Waals surface area contributed by atoms with Gasteiger partial charge in [0.2, 0.25) is 5.89 Å². The molecule has 0 aliphatic heterocycles. The summed E-state index contributed by atoms with van der Waals surface area (Å²) in [5, 5.41) is 0.458. The van der Waals surface area contributed by atoms with E-state index in [1.54, 1.807) is 6.92 Å². The number of nitrogen functional groups attached to an aromatic ring is 1. The summed E-state index contributed by atoms with van der Waals surface area (Å²) in [6, 6.07) is 7.99. The van der Waals surface area contributed by atoms with Gasteiger partial charge in [-0.1, -0.05) is 29.5 Å². The Labute approximate surface area is 161 Å². The van der Waals surface area contributed by atoms with Gasteiger partial charge in [-0.25, -0.2) is 19.7 Å². The number of carbonyl (C=O) groups is 1. The van der Waals surface area contributed by atoms with E-state index in [9.17, 15) is 4.79 Å². The van der Waals surface area contributed by atoms with E-state index in [2.05, 4.69) is 15.0 Å². The van der Waals surface area contributed by atoms with Gasteiger partial charge in [0.25, 0.3) is 0 Å². The maximum absolute atomic E-state index is 11.8. The summed E-state index contributed by atoms with van der Waals surface area (Å²) >= 11 is 1.37. The summed E-state index contributed by atoms with van der Waals surface area (Å²) in [6.45, 7) is 5.90. The Morgan fingerprint density at radius 2 is 2.11 bits per heavy atom. The number of hydrogen-bond acceptors (Lipinski definition) is 8. The maximum Gasteiger partial charge on any atom is 0.343 e. The molecular weight excluding hydrogens is 364 g/mol. The zero-order chi connectivity index (χ0) is 19.4. The van der Waals surface area contributed by atoms with Crippen LogP contribution in [0.3, 0.4) is 0 Å². The van der Waals surface area contributed by atoms with Crippen LogP contribution in [0, 0.1) is 13.8 Å². The lowest BCUT2D eigenvalue weighted by atomic mass is 10.1. The molecule has 0 saturated carbocycles. The normalized spacial score (nSPS) is 10.8. The number of aryl methyl sites for hydroxylation is 2. The van der Waals surface area contributed by atoms with Gasteiger partial charge in [-0.3, -0.25) is 0 Å². The van der Waals surface area contributed by atoms with E-state index < -0.39 is 5.97 Å². The van der Waals surface area contributed by atoms with E-state index in [0.717, 1.165) is 22.6 Å². The first kappa shape index (κ1) is 18.9. The fourth-order valence-electron chi connectivity index (χ4n) is 2.41. The number of ether oxygens (including phenoxy) is 1. The molecule has 0 fully saturated rings. The zero-order valence-corrected chi connectivity index (χ0v) is 16.2. The van der Waals surface area contributed by atoms with Crippen molar-refractivity contribution in [3.8, 4) is 11.5 Å². The van der Waals surface area contributed by atoms with Crippen molar-refractivity contribution in [2.45, 2.75) is 31.7 Å². The van der Waals surface area contributed by atoms with Crippen LogP contribution < -0.4 is 5.73 Å². The second-order valence-corrected chi connectivity index (χ2v) is 6.79. The average Bonchev–Trinajstić information content (AvgIpc) is 3.01. The standard InChI is InChI=1S/C19H20N4O3S/c1-4-25-18(24)14-9-21-19(23-16(14)20)27-10-15-12(3)26-17(22-15)13-7-5-6-11(2)8-13/h5-9H,4,10H2,1-3H3,(H2,20,21,23). The highest BCUT2D eigenvalue weighted by Gasteiger charge is 2.16. The third kappa shape index (κ3) is 4.46. The van der Waals surface area contributed by atoms with E-state index in [1.807, 2.05) is 38.1 Å². The monoisotopic (exact) mass is 384 g/mol. The molecule has 1 aromatic carbocycles. The van der Waals surface area contributed by atoms with Gasteiger partial charge < -0.3 is 14.9 Å². The molecule has 0 spiro atoms. The van der Waals surface area contributed by atoms with Gasteiger partial charge in [-0.05, 0) is 32.9 Å². The summed E-state index contributed by atoms with van der Waals surface area (Å²) in [6.07, 6.45) is 1.39. The lowest BCUT2D eigenvalue weighted by molar-refractivity contribution is 0.0526. The molecule has 0 atom stereocenters. The third-order valence-corrected chi connectivity index (χ3v) is 4.66. The van der Waals surface area contributed by atoms with Gasteiger partial charge in [0.1, 0.15) is 17.1 Å². The van der Waals surface area contributed by atoms with Crippen LogP contribution in [-0.2, 0) is 10.5 Å². The number of nitrogens with zero attached hydrogens (tertiary/aromatic N) is 3. The summed E-state index contributed by atoms with van der Waals surface area (Å²) in [7, 11) is 0. The molecule has 27 heavy (non-hydrogen) atoms. The topological polar surface area (TPSA) is 104 Å². The first-order chi connectivity index (χ1) is 13.0. The molecule has 0 amide bonds. The van der Waals surface area contributed by atoms with Crippen molar-refractivity contribution >= 4 is 23.5 Å². The second kappa shape index (κ2) is 8.22. The minimum absolute atomic E-state index is 0.100. The van der Waals surface area contributed by atoms with Crippen molar-refractivity contribution in [1.82, 2.24) is 15.0 Å². The Morgan fingerprint density at radius 1 is 1.30 bits per heavy atom. The Hall–Kier alpha value is -2.87. The van der Waals surface area contributed by atoms with Gasteiger partial charge >= 0.3 is 5.97 Å². The van der Waals surface area contributed by atoms with Crippen molar-refractivity contribution in [1.29, 1.82) is 0 Å². The molecule has 2 N–H and O–H groups in total. The molecule has 0 aliphatic rings. The van der Waals surface area contributed by atoms with Gasteiger partial charge in [-0.2, -0.15) is 0 Å². The number of thioether (sulfide) groups is 1. The highest BCUT2D eigenvalue weighted by atomic mass is 32.2. The highest BCUT2D eigenvalue weighted by Crippen LogP contribution is 2.27. The number of esters is 1. The predicted molar refractivity (Wildman–Crippen MR) is 103 cm³/mol. The molecule has 0 bridgehead atoms. The summed E-state index contributed by atoms with van der Waals surface area (Å²) in [5.74, 6) is 1.43. The van der Waals surface area contributed by atoms with Crippen molar-refractivity contribution in [2.75, 3.05) is 12.3 Å². The van der Waals surface area contributed by atoms with Crippen LogP contribution in [-0.4, -0.2) is 27.5 Å². The fraction of sp³-hybridized carbons (Fsp3) is 0.263. The molecule has 7 nitrogen and oxygen atoms in total. The van der Waals surface area contributed by atoms with Gasteiger partial charge in [0.05, 0.1) is 12.3 Å². The molecule has 0 saturated heterocycles. The van der Waals surface area contributed by atoms with Crippen LogP contribution >= 0.6 is 11.8 Å². The summed E-state index contributed by atoms with van der Waals surface area (Å²) in [5.41, 5.74) is 8.91. The largest absolute Gasteiger partial charge is 0.462 e. The average molecular weight is 384 g/mol. The molecule has 0 unspecified atom stereocenters. The molecule has 2 heterocycles. The molecule has 3 aromatic rings. The van der Waals surface area contributed by atoms with Gasteiger partial charge in [0, 0.05) is 17.5 Å². The first-order valence-corrected chi connectivity index (χ1v) is 9.42. The number of oxazole rings is 1. The number of aromatic nitrogens is 3. The zero-order valence-electron chi connectivity index (χ0n) is 15.4. The van der Waals surface area contributed by atoms with Gasteiger partial charge in [-0.15, -0.1) is 0 Å². The van der Waals surface area contributed by atoms with E-state index >= 15 is 0 Å². The Bertz CT molecular complexity index is 971. The third-order valence-electron chi connectivity index (χ3n) is 3.79. The van der Waals surface area contributed by atoms with E-state index in [0.29, 0.717) is 16.8 Å². The Morgan fingerprint density at radius 3 is 2.81 bits per heavy atom. The number of nitrogens with two attached hydrogens (primary N) is 1. The van der Waals surface area contributed by atoms with E-state index in [4.69, 9.17) is 14.9 Å². The number of carbonyl (C=O) groups excluding carboxylic acids is 1. The number of rotatable bonds is 6. The lowest BCUT2D eigenvalue weighted by Gasteiger charge is -2.05.